The molecule has 3 aromatic rings. The van der Waals surface area contributed by atoms with Crippen molar-refractivity contribution >= 4 is 28.8 Å². The molecule has 0 radical (unpaired) electrons. The number of carbonyl (C=O) groups excluding carboxylic acids is 1. The van der Waals surface area contributed by atoms with Gasteiger partial charge in [-0.3, -0.25) is 4.79 Å². The first-order chi connectivity index (χ1) is 12.6. The fourth-order valence-electron chi connectivity index (χ4n) is 2.50. The molecule has 0 spiro atoms. The minimum Gasteiger partial charge on any atom is -0.367 e. The summed E-state index contributed by atoms with van der Waals surface area (Å²) in [5.41, 5.74) is 1.64. The lowest BCUT2D eigenvalue weighted by Gasteiger charge is -2.18. The Bertz CT molecular complexity index is 853. The van der Waals surface area contributed by atoms with Gasteiger partial charge in [0.05, 0.1) is 12.6 Å². The molecule has 0 aliphatic rings. The molecule has 0 aliphatic heterocycles. The van der Waals surface area contributed by atoms with Gasteiger partial charge in [-0.2, -0.15) is 0 Å². The Hall–Kier alpha value is -2.21. The summed E-state index contributed by atoms with van der Waals surface area (Å²) in [6.45, 7) is 0.168. The van der Waals surface area contributed by atoms with Crippen molar-refractivity contribution in [3.63, 3.8) is 0 Å². The number of halogens is 2. The number of hydrogen-bond donors (Lipinski definition) is 1. The van der Waals surface area contributed by atoms with Gasteiger partial charge in [0.25, 0.3) is 0 Å². The van der Waals surface area contributed by atoms with E-state index in [4.69, 9.17) is 16.3 Å². The van der Waals surface area contributed by atoms with Crippen molar-refractivity contribution in [1.82, 2.24) is 5.32 Å². The maximum atomic E-state index is 13.2. The fraction of sp³-hybridized carbons (Fsp3) is 0.150. The number of thiophene rings is 1. The molecule has 1 heterocycles. The molecule has 1 amide bonds. The zero-order chi connectivity index (χ0) is 18.4. The van der Waals surface area contributed by atoms with Gasteiger partial charge in [-0.1, -0.05) is 48.0 Å². The van der Waals surface area contributed by atoms with Gasteiger partial charge in [0, 0.05) is 9.90 Å². The van der Waals surface area contributed by atoms with Crippen molar-refractivity contribution in [2.24, 2.45) is 0 Å². The highest BCUT2D eigenvalue weighted by Gasteiger charge is 2.18. The van der Waals surface area contributed by atoms with Crippen molar-refractivity contribution in [3.8, 4) is 0 Å². The van der Waals surface area contributed by atoms with Gasteiger partial charge in [-0.05, 0) is 40.8 Å². The largest absolute Gasteiger partial charge is 0.367 e. The highest BCUT2D eigenvalue weighted by molar-refractivity contribution is 7.10. The molecule has 0 fully saturated rings. The fourth-order valence-corrected chi connectivity index (χ4v) is 3.49. The molecule has 6 heteroatoms. The van der Waals surface area contributed by atoms with Crippen LogP contribution in [0.5, 0.6) is 0 Å². The minimum absolute atomic E-state index is 0.0890. The second-order valence-corrected chi connectivity index (χ2v) is 7.04. The summed E-state index contributed by atoms with van der Waals surface area (Å²) in [4.78, 5) is 13.3. The lowest BCUT2D eigenvalue weighted by Crippen LogP contribution is -2.32. The molecule has 0 aliphatic carbocycles. The number of nitrogens with one attached hydrogen (secondary N) is 1. The molecule has 0 saturated carbocycles. The Kier molecular flexibility index (Phi) is 6.39. The molecule has 2 aromatic carbocycles. The van der Waals surface area contributed by atoms with Crippen molar-refractivity contribution < 1.29 is 13.9 Å². The van der Waals surface area contributed by atoms with E-state index in [1.54, 1.807) is 18.2 Å². The molecule has 1 N–H and O–H groups in total. The van der Waals surface area contributed by atoms with E-state index in [-0.39, 0.29) is 31.0 Å². The molecule has 26 heavy (non-hydrogen) atoms. The van der Waals surface area contributed by atoms with Gasteiger partial charge in [0.1, 0.15) is 12.4 Å². The van der Waals surface area contributed by atoms with Crippen molar-refractivity contribution in [2.75, 3.05) is 6.61 Å². The summed E-state index contributed by atoms with van der Waals surface area (Å²) in [5.74, 6) is -0.562. The van der Waals surface area contributed by atoms with E-state index in [1.807, 2.05) is 35.7 Å². The third-order valence-electron chi connectivity index (χ3n) is 3.78. The SMILES string of the molecule is O=C(COCc1ccccc1Cl)NC(c1ccc(F)cc1)c1cccs1. The molecule has 3 nitrogen and oxygen atoms in total. The Balaban J connectivity index is 1.62. The van der Waals surface area contributed by atoms with E-state index in [0.29, 0.717) is 5.02 Å². The van der Waals surface area contributed by atoms with Crippen LogP contribution in [0.15, 0.2) is 66.0 Å². The summed E-state index contributed by atoms with van der Waals surface area (Å²) in [7, 11) is 0. The summed E-state index contributed by atoms with van der Waals surface area (Å²) in [6.07, 6.45) is 0. The second kappa shape index (κ2) is 8.94. The molecule has 1 atom stereocenters. The van der Waals surface area contributed by atoms with Crippen molar-refractivity contribution in [3.05, 3.63) is 92.9 Å². The molecule has 0 saturated heterocycles. The molecule has 134 valence electrons. The van der Waals surface area contributed by atoms with E-state index < -0.39 is 0 Å². The Morgan fingerprint density at radius 2 is 1.88 bits per heavy atom. The number of carbonyl (C=O) groups is 1. The van der Waals surface area contributed by atoms with Crippen molar-refractivity contribution in [2.45, 2.75) is 12.6 Å². The quantitative estimate of drug-likeness (QED) is 0.620. The van der Waals surface area contributed by atoms with Gasteiger partial charge in [0.15, 0.2) is 0 Å². The standard InChI is InChI=1S/C20H17ClFNO2S/c21-17-5-2-1-4-15(17)12-25-13-19(24)23-20(18-6-3-11-26-18)14-7-9-16(22)10-8-14/h1-11,20H,12-13H2,(H,23,24). The van der Waals surface area contributed by atoms with Crippen LogP contribution >= 0.6 is 22.9 Å². The van der Waals surface area contributed by atoms with Gasteiger partial charge >= 0.3 is 0 Å². The summed E-state index contributed by atoms with van der Waals surface area (Å²) in [5, 5.41) is 5.49. The molecule has 3 rings (SSSR count). The normalized spacial score (nSPS) is 11.9. The number of rotatable bonds is 7. The van der Waals surface area contributed by atoms with E-state index >= 15 is 0 Å². The van der Waals surface area contributed by atoms with Crippen LogP contribution in [-0.4, -0.2) is 12.5 Å². The number of benzene rings is 2. The highest BCUT2D eigenvalue weighted by Crippen LogP contribution is 2.26. The second-order valence-electron chi connectivity index (χ2n) is 5.65. The zero-order valence-electron chi connectivity index (χ0n) is 13.8. The Labute approximate surface area is 160 Å². The van der Waals surface area contributed by atoms with Crippen LogP contribution in [-0.2, 0) is 16.1 Å². The lowest BCUT2D eigenvalue weighted by molar-refractivity contribution is -0.126. The minimum atomic E-state index is -0.341. The number of hydrogen-bond acceptors (Lipinski definition) is 3. The summed E-state index contributed by atoms with van der Waals surface area (Å²) >= 11 is 7.60. The van der Waals surface area contributed by atoms with Crippen LogP contribution in [0.4, 0.5) is 4.39 Å². The van der Waals surface area contributed by atoms with Crippen LogP contribution in [0.1, 0.15) is 22.0 Å². The van der Waals surface area contributed by atoms with Crippen LogP contribution in [0.3, 0.4) is 0 Å². The Morgan fingerprint density at radius 3 is 2.58 bits per heavy atom. The smallest absolute Gasteiger partial charge is 0.246 e. The molecular formula is C20H17ClFNO2S. The molecular weight excluding hydrogens is 373 g/mol. The number of amides is 1. The monoisotopic (exact) mass is 389 g/mol. The predicted molar refractivity (Wildman–Crippen MR) is 102 cm³/mol. The average molecular weight is 390 g/mol. The van der Waals surface area contributed by atoms with Gasteiger partial charge in [0.2, 0.25) is 5.91 Å². The van der Waals surface area contributed by atoms with Crippen LogP contribution in [0, 0.1) is 5.82 Å². The van der Waals surface area contributed by atoms with Crippen LogP contribution < -0.4 is 5.32 Å². The van der Waals surface area contributed by atoms with Crippen molar-refractivity contribution in [1.29, 1.82) is 0 Å². The zero-order valence-corrected chi connectivity index (χ0v) is 15.4. The van der Waals surface area contributed by atoms with Crippen LogP contribution in [0.2, 0.25) is 5.02 Å². The van der Waals surface area contributed by atoms with E-state index in [0.717, 1.165) is 16.0 Å². The lowest BCUT2D eigenvalue weighted by atomic mass is 10.1. The Morgan fingerprint density at radius 1 is 1.12 bits per heavy atom. The highest BCUT2D eigenvalue weighted by atomic mass is 35.5. The first-order valence-corrected chi connectivity index (χ1v) is 9.28. The van der Waals surface area contributed by atoms with Gasteiger partial charge < -0.3 is 10.1 Å². The summed E-state index contributed by atoms with van der Waals surface area (Å²) in [6, 6.07) is 17.0. The summed E-state index contributed by atoms with van der Waals surface area (Å²) < 4.78 is 18.7. The maximum absolute atomic E-state index is 13.2. The first kappa shape index (κ1) is 18.6. The third-order valence-corrected chi connectivity index (χ3v) is 5.09. The molecule has 0 bridgehead atoms. The molecule has 1 aromatic heterocycles. The van der Waals surface area contributed by atoms with E-state index in [2.05, 4.69) is 5.32 Å². The average Bonchev–Trinajstić information content (AvgIpc) is 3.17. The third kappa shape index (κ3) is 4.91. The van der Waals surface area contributed by atoms with E-state index in [1.165, 1.54) is 23.5 Å². The first-order valence-electron chi connectivity index (χ1n) is 8.03. The topological polar surface area (TPSA) is 38.3 Å². The molecule has 1 unspecified atom stereocenters. The van der Waals surface area contributed by atoms with Gasteiger partial charge in [-0.15, -0.1) is 11.3 Å². The van der Waals surface area contributed by atoms with Gasteiger partial charge in [-0.25, -0.2) is 4.39 Å². The predicted octanol–water partition coefficient (Wildman–Crippen LogP) is 4.96. The number of ether oxygens (including phenoxy) is 1. The maximum Gasteiger partial charge on any atom is 0.246 e. The van der Waals surface area contributed by atoms with E-state index in [9.17, 15) is 9.18 Å². The van der Waals surface area contributed by atoms with Crippen LogP contribution in [0.25, 0.3) is 0 Å².